The van der Waals surface area contributed by atoms with Crippen LogP contribution in [0.4, 0.5) is 0 Å². The van der Waals surface area contributed by atoms with Gasteiger partial charge in [-0.2, -0.15) is 0 Å². The molecule has 0 saturated carbocycles. The molecule has 0 rings (SSSR count). The fraction of sp³-hybridized carbons (Fsp3) is 1.00. The number of nitrogens with two attached hydrogens (primary N) is 1. The number of rotatable bonds is 6. The lowest BCUT2D eigenvalue weighted by molar-refractivity contribution is 0.469. The van der Waals surface area contributed by atoms with Gasteiger partial charge in [0.05, 0.1) is 0 Å². The highest BCUT2D eigenvalue weighted by Crippen LogP contribution is 2.07. The SMILES string of the molecule is CC(C)CC(N)CCCS(C)(=O)=O. The van der Waals surface area contributed by atoms with Crippen LogP contribution in [0.1, 0.15) is 33.1 Å². The van der Waals surface area contributed by atoms with Crippen molar-refractivity contribution in [1.82, 2.24) is 0 Å². The average molecular weight is 207 g/mol. The molecule has 0 aliphatic heterocycles. The van der Waals surface area contributed by atoms with E-state index in [2.05, 4.69) is 13.8 Å². The van der Waals surface area contributed by atoms with Gasteiger partial charge in [-0.3, -0.25) is 0 Å². The summed E-state index contributed by atoms with van der Waals surface area (Å²) >= 11 is 0. The zero-order valence-electron chi connectivity index (χ0n) is 8.79. The maximum Gasteiger partial charge on any atom is 0.147 e. The summed E-state index contributed by atoms with van der Waals surface area (Å²) in [5.74, 6) is 0.854. The second-order valence-corrected chi connectivity index (χ2v) is 6.42. The molecule has 0 aromatic carbocycles. The molecule has 13 heavy (non-hydrogen) atoms. The molecule has 0 radical (unpaired) electrons. The zero-order chi connectivity index (χ0) is 10.5. The van der Waals surface area contributed by atoms with Gasteiger partial charge in [0.2, 0.25) is 0 Å². The minimum absolute atomic E-state index is 0.154. The highest BCUT2D eigenvalue weighted by molar-refractivity contribution is 7.90. The van der Waals surface area contributed by atoms with E-state index < -0.39 is 9.84 Å². The molecule has 4 heteroatoms. The van der Waals surface area contributed by atoms with Gasteiger partial charge >= 0.3 is 0 Å². The molecule has 0 saturated heterocycles. The molecule has 0 spiro atoms. The van der Waals surface area contributed by atoms with Gasteiger partial charge in [-0.15, -0.1) is 0 Å². The summed E-state index contributed by atoms with van der Waals surface area (Å²) in [5.41, 5.74) is 5.81. The quantitative estimate of drug-likeness (QED) is 0.711. The van der Waals surface area contributed by atoms with E-state index in [0.29, 0.717) is 12.3 Å². The van der Waals surface area contributed by atoms with Crippen molar-refractivity contribution in [3.63, 3.8) is 0 Å². The molecular formula is C9H21NO2S. The van der Waals surface area contributed by atoms with Crippen molar-refractivity contribution in [2.45, 2.75) is 39.2 Å². The topological polar surface area (TPSA) is 60.2 Å². The Kier molecular flexibility index (Phi) is 5.56. The predicted molar refractivity (Wildman–Crippen MR) is 56.4 cm³/mol. The van der Waals surface area contributed by atoms with Gasteiger partial charge in [-0.1, -0.05) is 13.8 Å². The maximum absolute atomic E-state index is 10.8. The fourth-order valence-electron chi connectivity index (χ4n) is 1.33. The third kappa shape index (κ3) is 9.83. The molecule has 0 amide bonds. The van der Waals surface area contributed by atoms with E-state index in [-0.39, 0.29) is 11.8 Å². The Labute approximate surface area is 81.6 Å². The fourth-order valence-corrected chi connectivity index (χ4v) is 2.02. The molecule has 1 atom stereocenters. The minimum atomic E-state index is -2.80. The molecule has 2 N–H and O–H groups in total. The lowest BCUT2D eigenvalue weighted by Crippen LogP contribution is -2.22. The first kappa shape index (κ1) is 12.9. The van der Waals surface area contributed by atoms with E-state index in [9.17, 15) is 8.42 Å². The predicted octanol–water partition coefficient (Wildman–Crippen LogP) is 1.18. The normalized spacial score (nSPS) is 14.8. The summed E-state index contributed by atoms with van der Waals surface area (Å²) in [6.07, 6.45) is 3.74. The molecule has 1 unspecified atom stereocenters. The van der Waals surface area contributed by atoms with Crippen LogP contribution in [-0.4, -0.2) is 26.5 Å². The molecule has 0 aliphatic carbocycles. The van der Waals surface area contributed by atoms with Crippen LogP contribution in [0.15, 0.2) is 0 Å². The van der Waals surface area contributed by atoms with E-state index in [4.69, 9.17) is 5.73 Å². The van der Waals surface area contributed by atoms with Crippen molar-refractivity contribution in [2.24, 2.45) is 11.7 Å². The van der Waals surface area contributed by atoms with E-state index >= 15 is 0 Å². The summed E-state index contributed by atoms with van der Waals surface area (Å²) in [6, 6.07) is 0.154. The number of hydrogen-bond acceptors (Lipinski definition) is 3. The third-order valence-electron chi connectivity index (χ3n) is 1.86. The molecule has 0 fully saturated rings. The van der Waals surface area contributed by atoms with Crippen LogP contribution >= 0.6 is 0 Å². The van der Waals surface area contributed by atoms with E-state index in [0.717, 1.165) is 12.8 Å². The van der Waals surface area contributed by atoms with Crippen LogP contribution in [0.25, 0.3) is 0 Å². The maximum atomic E-state index is 10.8. The van der Waals surface area contributed by atoms with E-state index in [1.807, 2.05) is 0 Å². The first-order valence-electron chi connectivity index (χ1n) is 4.74. The summed E-state index contributed by atoms with van der Waals surface area (Å²) < 4.78 is 21.6. The molecular weight excluding hydrogens is 186 g/mol. The van der Waals surface area contributed by atoms with E-state index in [1.54, 1.807) is 0 Å². The van der Waals surface area contributed by atoms with Gasteiger partial charge < -0.3 is 5.73 Å². The minimum Gasteiger partial charge on any atom is -0.328 e. The van der Waals surface area contributed by atoms with Crippen molar-refractivity contribution in [2.75, 3.05) is 12.0 Å². The molecule has 3 nitrogen and oxygen atoms in total. The van der Waals surface area contributed by atoms with Gasteiger partial charge in [0, 0.05) is 18.1 Å². The summed E-state index contributed by atoms with van der Waals surface area (Å²) in [6.45, 7) is 4.24. The van der Waals surface area contributed by atoms with Crippen molar-refractivity contribution >= 4 is 9.84 Å². The standard InChI is InChI=1S/C9H21NO2S/c1-8(2)7-9(10)5-4-6-13(3,11)12/h8-9H,4-7,10H2,1-3H3. The van der Waals surface area contributed by atoms with Crippen LogP contribution in [0.2, 0.25) is 0 Å². The summed E-state index contributed by atoms with van der Waals surface area (Å²) in [7, 11) is -2.80. The zero-order valence-corrected chi connectivity index (χ0v) is 9.60. The van der Waals surface area contributed by atoms with Gasteiger partial charge in [-0.05, 0) is 25.2 Å². The molecule has 0 heterocycles. The largest absolute Gasteiger partial charge is 0.328 e. The van der Waals surface area contributed by atoms with Crippen LogP contribution in [0.3, 0.4) is 0 Å². The second-order valence-electron chi connectivity index (χ2n) is 4.16. The van der Waals surface area contributed by atoms with E-state index in [1.165, 1.54) is 6.26 Å². The lowest BCUT2D eigenvalue weighted by atomic mass is 10.0. The van der Waals surface area contributed by atoms with Gasteiger partial charge in [0.15, 0.2) is 0 Å². The highest BCUT2D eigenvalue weighted by atomic mass is 32.2. The Bertz CT molecular complexity index is 222. The van der Waals surface area contributed by atoms with Crippen molar-refractivity contribution in [3.05, 3.63) is 0 Å². The number of sulfone groups is 1. The third-order valence-corrected chi connectivity index (χ3v) is 2.89. The Balaban J connectivity index is 3.54. The van der Waals surface area contributed by atoms with Gasteiger partial charge in [0.25, 0.3) is 0 Å². The van der Waals surface area contributed by atoms with Gasteiger partial charge in [0.1, 0.15) is 9.84 Å². The average Bonchev–Trinajstić information content (AvgIpc) is 1.81. The molecule has 0 aliphatic rings. The lowest BCUT2D eigenvalue weighted by Gasteiger charge is -2.12. The smallest absolute Gasteiger partial charge is 0.147 e. The van der Waals surface area contributed by atoms with Gasteiger partial charge in [-0.25, -0.2) is 8.42 Å². The highest BCUT2D eigenvalue weighted by Gasteiger charge is 2.07. The summed E-state index contributed by atoms with van der Waals surface area (Å²) in [4.78, 5) is 0. The van der Waals surface area contributed by atoms with Crippen molar-refractivity contribution < 1.29 is 8.42 Å². The van der Waals surface area contributed by atoms with Crippen LogP contribution in [-0.2, 0) is 9.84 Å². The van der Waals surface area contributed by atoms with Crippen molar-refractivity contribution in [1.29, 1.82) is 0 Å². The molecule has 0 bridgehead atoms. The molecule has 80 valence electrons. The van der Waals surface area contributed by atoms with Crippen molar-refractivity contribution in [3.8, 4) is 0 Å². The Morgan fingerprint density at radius 2 is 1.85 bits per heavy atom. The molecule has 0 aromatic heterocycles. The Morgan fingerprint density at radius 1 is 1.31 bits per heavy atom. The molecule has 0 aromatic rings. The van der Waals surface area contributed by atoms with Crippen LogP contribution in [0.5, 0.6) is 0 Å². The Morgan fingerprint density at radius 3 is 2.23 bits per heavy atom. The first-order valence-corrected chi connectivity index (χ1v) is 6.80. The van der Waals surface area contributed by atoms with Crippen LogP contribution in [0, 0.1) is 5.92 Å². The first-order chi connectivity index (χ1) is 5.81. The monoisotopic (exact) mass is 207 g/mol. The Hall–Kier alpha value is -0.0900. The second kappa shape index (κ2) is 5.60. The number of hydrogen-bond donors (Lipinski definition) is 1. The summed E-state index contributed by atoms with van der Waals surface area (Å²) in [5, 5.41) is 0. The van der Waals surface area contributed by atoms with Crippen LogP contribution < -0.4 is 5.73 Å².